The fraction of sp³-hybridized carbons (Fsp3) is 0.333. The van der Waals surface area contributed by atoms with E-state index in [-0.39, 0.29) is 19.4 Å². The van der Waals surface area contributed by atoms with Crippen molar-refractivity contribution in [1.29, 1.82) is 0 Å². The predicted octanol–water partition coefficient (Wildman–Crippen LogP) is 4.36. The van der Waals surface area contributed by atoms with Gasteiger partial charge in [0, 0.05) is 6.42 Å². The van der Waals surface area contributed by atoms with E-state index in [1.54, 1.807) is 0 Å². The van der Waals surface area contributed by atoms with Crippen molar-refractivity contribution in [1.82, 2.24) is 0 Å². The number of hydrogen-bond donors (Lipinski definition) is 0. The normalized spacial score (nSPS) is 18.9. The Morgan fingerprint density at radius 2 is 1.59 bits per heavy atom. The SMILES string of the molecule is CC(C)(/C=C/C[C@]1(C(=O)OCc2ccccc2)CC(=O)O1)OCc1ccccc1. The van der Waals surface area contributed by atoms with Gasteiger partial charge in [0.1, 0.15) is 6.61 Å². The van der Waals surface area contributed by atoms with Gasteiger partial charge in [0.05, 0.1) is 18.6 Å². The zero-order chi connectivity index (χ0) is 20.7. The number of rotatable bonds is 9. The quantitative estimate of drug-likeness (QED) is 0.467. The van der Waals surface area contributed by atoms with Gasteiger partial charge in [-0.25, -0.2) is 4.79 Å². The largest absolute Gasteiger partial charge is 0.458 e. The van der Waals surface area contributed by atoms with Gasteiger partial charge in [-0.3, -0.25) is 4.79 Å². The molecule has 0 bridgehead atoms. The summed E-state index contributed by atoms with van der Waals surface area (Å²) >= 11 is 0. The smallest absolute Gasteiger partial charge is 0.351 e. The van der Waals surface area contributed by atoms with Crippen LogP contribution in [0.3, 0.4) is 0 Å². The van der Waals surface area contributed by atoms with Crippen LogP contribution in [0.15, 0.2) is 72.8 Å². The molecule has 0 aromatic heterocycles. The highest BCUT2D eigenvalue weighted by Crippen LogP contribution is 2.34. The lowest BCUT2D eigenvalue weighted by molar-refractivity contribution is -0.208. The Labute approximate surface area is 171 Å². The topological polar surface area (TPSA) is 61.8 Å². The Morgan fingerprint density at radius 3 is 2.14 bits per heavy atom. The molecule has 5 nitrogen and oxygen atoms in total. The average Bonchev–Trinajstić information content (AvgIpc) is 2.70. The van der Waals surface area contributed by atoms with Gasteiger partial charge in [0.15, 0.2) is 0 Å². The molecule has 1 heterocycles. The number of carbonyl (C=O) groups excluding carboxylic acids is 2. The molecular formula is C24H26O5. The Morgan fingerprint density at radius 1 is 1.03 bits per heavy atom. The van der Waals surface area contributed by atoms with Crippen molar-refractivity contribution >= 4 is 11.9 Å². The highest BCUT2D eigenvalue weighted by Gasteiger charge is 2.53. The standard InChI is InChI=1S/C24H26O5/c1-23(2,28-18-20-12-7-4-8-13-20)14-9-15-24(16-21(25)29-24)22(26)27-17-19-10-5-3-6-11-19/h3-14H,15-18H2,1-2H3/b14-9+/t24-/m1/s1. The third-order valence-electron chi connectivity index (χ3n) is 4.74. The monoisotopic (exact) mass is 394 g/mol. The summed E-state index contributed by atoms with van der Waals surface area (Å²) in [5, 5.41) is 0. The van der Waals surface area contributed by atoms with Crippen LogP contribution in [0.1, 0.15) is 37.8 Å². The zero-order valence-corrected chi connectivity index (χ0v) is 16.8. The first kappa shape index (κ1) is 20.8. The maximum Gasteiger partial charge on any atom is 0.351 e. The van der Waals surface area contributed by atoms with Crippen LogP contribution in [0.25, 0.3) is 0 Å². The second kappa shape index (κ2) is 9.05. The summed E-state index contributed by atoms with van der Waals surface area (Å²) in [6, 6.07) is 19.3. The van der Waals surface area contributed by atoms with E-state index in [1.807, 2.05) is 86.7 Å². The van der Waals surface area contributed by atoms with Crippen molar-refractivity contribution in [3.05, 3.63) is 83.9 Å². The summed E-state index contributed by atoms with van der Waals surface area (Å²) in [5.41, 5.74) is 0.201. The van der Waals surface area contributed by atoms with E-state index in [1.165, 1.54) is 0 Å². The third kappa shape index (κ3) is 5.78. The number of esters is 2. The minimum atomic E-state index is -1.24. The first-order valence-electron chi connectivity index (χ1n) is 9.67. The van der Waals surface area contributed by atoms with Crippen molar-refractivity contribution in [3.8, 4) is 0 Å². The average molecular weight is 394 g/mol. The molecule has 1 saturated heterocycles. The molecule has 0 N–H and O–H groups in total. The lowest BCUT2D eigenvalue weighted by Gasteiger charge is -2.37. The van der Waals surface area contributed by atoms with Gasteiger partial charge in [-0.1, -0.05) is 72.8 Å². The van der Waals surface area contributed by atoms with Gasteiger partial charge >= 0.3 is 11.9 Å². The summed E-state index contributed by atoms with van der Waals surface area (Å²) in [7, 11) is 0. The van der Waals surface area contributed by atoms with Crippen molar-refractivity contribution in [3.63, 3.8) is 0 Å². The summed E-state index contributed by atoms with van der Waals surface area (Å²) in [6.45, 7) is 4.52. The Kier molecular flexibility index (Phi) is 6.49. The summed E-state index contributed by atoms with van der Waals surface area (Å²) in [6.07, 6.45) is 3.98. The van der Waals surface area contributed by atoms with E-state index in [2.05, 4.69) is 0 Å². The number of ether oxygens (including phenoxy) is 3. The highest BCUT2D eigenvalue weighted by molar-refractivity contribution is 5.93. The minimum Gasteiger partial charge on any atom is -0.458 e. The van der Waals surface area contributed by atoms with Crippen LogP contribution in [-0.2, 0) is 37.0 Å². The summed E-state index contributed by atoms with van der Waals surface area (Å²) in [4.78, 5) is 24.0. The van der Waals surface area contributed by atoms with Gasteiger partial charge in [-0.2, -0.15) is 0 Å². The van der Waals surface area contributed by atoms with Crippen LogP contribution in [0.4, 0.5) is 0 Å². The number of hydrogen-bond acceptors (Lipinski definition) is 5. The molecule has 5 heteroatoms. The Hall–Kier alpha value is -2.92. The van der Waals surface area contributed by atoms with Crippen LogP contribution >= 0.6 is 0 Å². The summed E-state index contributed by atoms with van der Waals surface area (Å²) in [5.74, 6) is -0.914. The van der Waals surface area contributed by atoms with Crippen LogP contribution in [0.2, 0.25) is 0 Å². The molecule has 1 aliphatic rings. The lowest BCUT2D eigenvalue weighted by atomic mass is 9.89. The number of carbonyl (C=O) groups is 2. The molecule has 0 spiro atoms. The van der Waals surface area contributed by atoms with Crippen LogP contribution < -0.4 is 0 Å². The molecule has 2 aromatic rings. The molecule has 0 aliphatic carbocycles. The molecule has 3 rings (SSSR count). The van der Waals surface area contributed by atoms with Crippen LogP contribution in [0, 0.1) is 0 Å². The molecule has 1 fully saturated rings. The summed E-state index contributed by atoms with van der Waals surface area (Å²) < 4.78 is 16.6. The molecule has 29 heavy (non-hydrogen) atoms. The number of cyclic esters (lactones) is 1. The zero-order valence-electron chi connectivity index (χ0n) is 16.8. The molecule has 0 saturated carbocycles. The van der Waals surface area contributed by atoms with Gasteiger partial charge in [0.25, 0.3) is 0 Å². The molecule has 1 aliphatic heterocycles. The molecule has 152 valence electrons. The lowest BCUT2D eigenvalue weighted by Crippen LogP contribution is -2.54. The van der Waals surface area contributed by atoms with Gasteiger partial charge < -0.3 is 14.2 Å². The minimum absolute atomic E-state index is 0.0241. The first-order valence-corrected chi connectivity index (χ1v) is 9.67. The first-order chi connectivity index (χ1) is 13.9. The second-order valence-electron chi connectivity index (χ2n) is 7.69. The van der Waals surface area contributed by atoms with Crippen molar-refractivity contribution in [2.45, 2.75) is 51.1 Å². The van der Waals surface area contributed by atoms with E-state index < -0.39 is 23.1 Å². The van der Waals surface area contributed by atoms with E-state index in [4.69, 9.17) is 14.2 Å². The van der Waals surface area contributed by atoms with E-state index >= 15 is 0 Å². The van der Waals surface area contributed by atoms with Gasteiger partial charge in [0.2, 0.25) is 5.60 Å². The molecule has 1 atom stereocenters. The molecule has 0 unspecified atom stereocenters. The fourth-order valence-corrected chi connectivity index (χ4v) is 3.03. The van der Waals surface area contributed by atoms with Crippen molar-refractivity contribution in [2.75, 3.05) is 0 Å². The molecule has 2 aromatic carbocycles. The van der Waals surface area contributed by atoms with Crippen LogP contribution in [-0.4, -0.2) is 23.1 Å². The van der Waals surface area contributed by atoms with Crippen LogP contribution in [0.5, 0.6) is 0 Å². The predicted molar refractivity (Wildman–Crippen MR) is 109 cm³/mol. The molecule has 0 amide bonds. The van der Waals surface area contributed by atoms with E-state index in [9.17, 15) is 9.59 Å². The Balaban J connectivity index is 1.55. The Bertz CT molecular complexity index is 847. The van der Waals surface area contributed by atoms with E-state index in [0.29, 0.717) is 6.61 Å². The van der Waals surface area contributed by atoms with Gasteiger partial charge in [-0.15, -0.1) is 0 Å². The third-order valence-corrected chi connectivity index (χ3v) is 4.74. The second-order valence-corrected chi connectivity index (χ2v) is 7.69. The van der Waals surface area contributed by atoms with Crippen molar-refractivity contribution < 1.29 is 23.8 Å². The maximum absolute atomic E-state index is 12.6. The molecule has 0 radical (unpaired) electrons. The fourth-order valence-electron chi connectivity index (χ4n) is 3.03. The van der Waals surface area contributed by atoms with E-state index in [0.717, 1.165) is 11.1 Å². The van der Waals surface area contributed by atoms with Crippen molar-refractivity contribution in [2.24, 2.45) is 0 Å². The van der Waals surface area contributed by atoms with Gasteiger partial charge in [-0.05, 0) is 25.0 Å². The molecular weight excluding hydrogens is 368 g/mol. The maximum atomic E-state index is 12.6. The number of benzene rings is 2. The highest BCUT2D eigenvalue weighted by atomic mass is 16.6.